The maximum absolute atomic E-state index is 12.3. The minimum atomic E-state index is -3.68. The first-order chi connectivity index (χ1) is 10.1. The van der Waals surface area contributed by atoms with Gasteiger partial charge in [0.2, 0.25) is 10.0 Å². The second kappa shape index (κ2) is 6.84. The first-order valence-corrected chi connectivity index (χ1v) is 8.05. The highest BCUT2D eigenvalue weighted by molar-refractivity contribution is 7.89. The normalized spacial score (nSPS) is 13.2. The fourth-order valence-corrected chi connectivity index (χ4v) is 3.03. The number of hydrogen-bond donors (Lipinski definition) is 1. The molecule has 1 N–H and O–H groups in total. The number of nitrogens with zero attached hydrogens (tertiary/aromatic N) is 1. The molecule has 0 aromatic carbocycles. The summed E-state index contributed by atoms with van der Waals surface area (Å²) in [7, 11) is -2.17. The third-order valence-corrected chi connectivity index (χ3v) is 4.41. The van der Waals surface area contributed by atoms with Gasteiger partial charge >= 0.3 is 0 Å². The van der Waals surface area contributed by atoms with Crippen LogP contribution in [0, 0.1) is 0 Å². The van der Waals surface area contributed by atoms with Gasteiger partial charge < -0.3 is 9.15 Å². The maximum Gasteiger partial charge on any atom is 0.242 e. The molecule has 7 heteroatoms. The Morgan fingerprint density at radius 3 is 2.76 bits per heavy atom. The van der Waals surface area contributed by atoms with E-state index in [9.17, 15) is 8.42 Å². The van der Waals surface area contributed by atoms with E-state index in [1.807, 2.05) is 13.0 Å². The van der Waals surface area contributed by atoms with Crippen molar-refractivity contribution in [3.05, 3.63) is 48.2 Å². The second-order valence-electron chi connectivity index (χ2n) is 4.48. The van der Waals surface area contributed by atoms with Gasteiger partial charge in [0.25, 0.3) is 0 Å². The van der Waals surface area contributed by atoms with Crippen molar-refractivity contribution in [3.8, 4) is 0 Å². The highest BCUT2D eigenvalue weighted by atomic mass is 32.2. The van der Waals surface area contributed by atoms with Crippen molar-refractivity contribution < 1.29 is 17.6 Å². The second-order valence-corrected chi connectivity index (χ2v) is 6.19. The molecule has 2 aromatic heterocycles. The molecule has 2 aromatic rings. The van der Waals surface area contributed by atoms with Crippen LogP contribution in [-0.2, 0) is 21.2 Å². The molecule has 0 fully saturated rings. The van der Waals surface area contributed by atoms with Crippen LogP contribution in [0.3, 0.4) is 0 Å². The summed E-state index contributed by atoms with van der Waals surface area (Å²) in [6.07, 6.45) is 3.56. The van der Waals surface area contributed by atoms with Crippen LogP contribution in [0.4, 0.5) is 0 Å². The van der Waals surface area contributed by atoms with Crippen molar-refractivity contribution >= 4 is 10.0 Å². The third kappa shape index (κ3) is 3.90. The molecule has 0 saturated carbocycles. The Bertz CT molecular complexity index is 667. The molecule has 1 atom stereocenters. The topological polar surface area (TPSA) is 81.4 Å². The summed E-state index contributed by atoms with van der Waals surface area (Å²) < 4.78 is 37.9. The molecule has 0 amide bonds. The van der Waals surface area contributed by atoms with E-state index < -0.39 is 16.1 Å². The Kier molecular flexibility index (Phi) is 5.11. The molecule has 0 aliphatic carbocycles. The van der Waals surface area contributed by atoms with Gasteiger partial charge in [-0.05, 0) is 24.3 Å². The summed E-state index contributed by atoms with van der Waals surface area (Å²) >= 11 is 0. The molecule has 2 rings (SSSR count). The van der Waals surface area contributed by atoms with Crippen molar-refractivity contribution in [2.75, 3.05) is 13.7 Å². The number of aryl methyl sites for hydroxylation is 1. The molecule has 0 unspecified atom stereocenters. The van der Waals surface area contributed by atoms with Crippen molar-refractivity contribution in [1.29, 1.82) is 0 Å². The summed E-state index contributed by atoms with van der Waals surface area (Å²) in [5, 5.41) is 0. The molecule has 0 aliphatic rings. The smallest absolute Gasteiger partial charge is 0.242 e. The van der Waals surface area contributed by atoms with Crippen LogP contribution in [0.15, 0.2) is 46.0 Å². The zero-order valence-corrected chi connectivity index (χ0v) is 12.8. The van der Waals surface area contributed by atoms with Gasteiger partial charge in [-0.25, -0.2) is 8.42 Å². The largest absolute Gasteiger partial charge is 0.464 e. The Hall–Kier alpha value is -1.70. The van der Waals surface area contributed by atoms with E-state index in [0.717, 1.165) is 12.2 Å². The van der Waals surface area contributed by atoms with Crippen LogP contribution in [-0.4, -0.2) is 27.1 Å². The monoisotopic (exact) mass is 310 g/mol. The summed E-state index contributed by atoms with van der Waals surface area (Å²) in [5.74, 6) is 1.33. The van der Waals surface area contributed by atoms with Crippen LogP contribution in [0.25, 0.3) is 0 Å². The number of nitrogens with one attached hydrogen (secondary N) is 1. The average molecular weight is 310 g/mol. The molecular weight excluding hydrogens is 292 g/mol. The number of pyridine rings is 1. The quantitative estimate of drug-likeness (QED) is 0.844. The lowest BCUT2D eigenvalue weighted by Crippen LogP contribution is -2.31. The first kappa shape index (κ1) is 15.7. The minimum absolute atomic E-state index is 0.105. The van der Waals surface area contributed by atoms with Gasteiger partial charge in [-0.3, -0.25) is 4.98 Å². The van der Waals surface area contributed by atoms with E-state index in [1.54, 1.807) is 12.1 Å². The molecular formula is C14H18N2O4S. The van der Waals surface area contributed by atoms with Gasteiger partial charge in [-0.15, -0.1) is 0 Å². The number of furan rings is 1. The van der Waals surface area contributed by atoms with Crippen LogP contribution >= 0.6 is 0 Å². The number of hydrogen-bond acceptors (Lipinski definition) is 5. The average Bonchev–Trinajstić information content (AvgIpc) is 2.96. The minimum Gasteiger partial charge on any atom is -0.464 e. The van der Waals surface area contributed by atoms with E-state index in [2.05, 4.69) is 9.71 Å². The lowest BCUT2D eigenvalue weighted by Gasteiger charge is -2.15. The third-order valence-electron chi connectivity index (χ3n) is 2.95. The number of rotatable bonds is 7. The molecule has 0 radical (unpaired) electrons. The number of sulfonamides is 1. The van der Waals surface area contributed by atoms with Crippen LogP contribution in [0.5, 0.6) is 0 Å². The fraction of sp³-hybridized carbons (Fsp3) is 0.357. The summed E-state index contributed by atoms with van der Waals surface area (Å²) in [5.41, 5.74) is 0. The van der Waals surface area contributed by atoms with Crippen molar-refractivity contribution in [2.24, 2.45) is 0 Å². The SMILES string of the molecule is CCc1ccc([C@H](COC)NS(=O)(=O)c2cccnc2)o1. The molecule has 0 spiro atoms. The van der Waals surface area contributed by atoms with Gasteiger partial charge in [0.05, 0.1) is 6.61 Å². The Morgan fingerprint density at radius 1 is 1.38 bits per heavy atom. The molecule has 0 saturated heterocycles. The Morgan fingerprint density at radius 2 is 2.19 bits per heavy atom. The van der Waals surface area contributed by atoms with Crippen molar-refractivity contribution in [3.63, 3.8) is 0 Å². The van der Waals surface area contributed by atoms with Gasteiger partial charge in [0.15, 0.2) is 0 Å². The summed E-state index contributed by atoms with van der Waals surface area (Å²) in [6, 6.07) is 6.06. The zero-order valence-electron chi connectivity index (χ0n) is 11.9. The number of aromatic nitrogens is 1. The van der Waals surface area contributed by atoms with Gasteiger partial charge in [0.1, 0.15) is 22.5 Å². The predicted molar refractivity (Wildman–Crippen MR) is 77.3 cm³/mol. The van der Waals surface area contributed by atoms with Crippen LogP contribution in [0.1, 0.15) is 24.5 Å². The lowest BCUT2D eigenvalue weighted by atomic mass is 10.2. The standard InChI is InChI=1S/C14H18N2O4S/c1-3-11-6-7-14(20-11)13(10-19-2)16-21(17,18)12-5-4-8-15-9-12/h4-9,13,16H,3,10H2,1-2H3/t13-/m0/s1. The molecule has 114 valence electrons. The van der Waals surface area contributed by atoms with Crippen LogP contribution < -0.4 is 4.72 Å². The molecule has 0 bridgehead atoms. The predicted octanol–water partition coefficient (Wildman–Crippen LogP) is 1.90. The van der Waals surface area contributed by atoms with Crippen molar-refractivity contribution in [1.82, 2.24) is 9.71 Å². The first-order valence-electron chi connectivity index (χ1n) is 6.56. The molecule has 2 heterocycles. The van der Waals surface area contributed by atoms with E-state index in [0.29, 0.717) is 5.76 Å². The number of methoxy groups -OCH3 is 1. The van der Waals surface area contributed by atoms with Gasteiger partial charge in [-0.1, -0.05) is 6.92 Å². The summed E-state index contributed by atoms with van der Waals surface area (Å²) in [4.78, 5) is 3.93. The Balaban J connectivity index is 2.23. The van der Waals surface area contributed by atoms with E-state index in [-0.39, 0.29) is 11.5 Å². The number of ether oxygens (including phenoxy) is 1. The molecule has 0 aliphatic heterocycles. The maximum atomic E-state index is 12.3. The highest BCUT2D eigenvalue weighted by Crippen LogP contribution is 2.20. The van der Waals surface area contributed by atoms with Gasteiger partial charge in [-0.2, -0.15) is 4.72 Å². The van der Waals surface area contributed by atoms with E-state index >= 15 is 0 Å². The fourth-order valence-electron chi connectivity index (χ4n) is 1.87. The highest BCUT2D eigenvalue weighted by Gasteiger charge is 2.23. The lowest BCUT2D eigenvalue weighted by molar-refractivity contribution is 0.166. The Labute approximate surface area is 124 Å². The molecule has 6 nitrogen and oxygen atoms in total. The summed E-state index contributed by atoms with van der Waals surface area (Å²) in [6.45, 7) is 2.14. The molecule has 21 heavy (non-hydrogen) atoms. The van der Waals surface area contributed by atoms with Crippen molar-refractivity contribution in [2.45, 2.75) is 24.3 Å². The van der Waals surface area contributed by atoms with E-state index in [1.165, 1.54) is 25.6 Å². The van der Waals surface area contributed by atoms with E-state index in [4.69, 9.17) is 9.15 Å². The van der Waals surface area contributed by atoms with Gasteiger partial charge in [0, 0.05) is 25.9 Å². The zero-order chi connectivity index (χ0) is 15.3. The van der Waals surface area contributed by atoms with Crippen LogP contribution in [0.2, 0.25) is 0 Å².